The minimum atomic E-state index is 0.330. The van der Waals surface area contributed by atoms with Crippen LogP contribution in [0.4, 0.5) is 5.82 Å². The van der Waals surface area contributed by atoms with E-state index in [0.717, 1.165) is 17.7 Å². The molecule has 1 rings (SSSR count). The molecule has 1 aromatic rings. The largest absolute Gasteiger partial charge is 0.359 e. The highest BCUT2D eigenvalue weighted by molar-refractivity contribution is 5.48. The number of aromatic nitrogens is 1. The molecule has 1 aromatic heterocycles. The second-order valence-electron chi connectivity index (χ2n) is 2.11. The van der Waals surface area contributed by atoms with Crippen LogP contribution in [-0.4, -0.2) is 11.2 Å². The maximum absolute atomic E-state index is 9.85. The summed E-state index contributed by atoms with van der Waals surface area (Å²) >= 11 is 0. The van der Waals surface area contributed by atoms with Crippen molar-refractivity contribution >= 4 is 11.9 Å². The predicted octanol–water partition coefficient (Wildman–Crippen LogP) is 1.51. The Labute approximate surface area is 63.9 Å². The number of carbonyl (C=O) groups excluding carboxylic acids is 1. The molecular formula is C7H8N2O2. The van der Waals surface area contributed by atoms with Crippen LogP contribution in [-0.2, 0) is 11.2 Å². The summed E-state index contributed by atoms with van der Waals surface area (Å²) in [5.74, 6) is 1.09. The lowest BCUT2D eigenvalue weighted by Crippen LogP contribution is -1.76. The number of isocyanates is 1. The molecule has 11 heavy (non-hydrogen) atoms. The molecule has 0 aromatic carbocycles. The van der Waals surface area contributed by atoms with Crippen molar-refractivity contribution in [3.05, 3.63) is 11.3 Å². The molecule has 0 saturated heterocycles. The van der Waals surface area contributed by atoms with Gasteiger partial charge in [0.25, 0.3) is 0 Å². The van der Waals surface area contributed by atoms with Gasteiger partial charge in [0.15, 0.2) is 0 Å². The normalized spacial score (nSPS) is 9.27. The highest BCUT2D eigenvalue weighted by Gasteiger charge is 2.07. The third-order valence-corrected chi connectivity index (χ3v) is 1.47. The van der Waals surface area contributed by atoms with Crippen LogP contribution >= 0.6 is 0 Å². The molecule has 0 N–H and O–H groups in total. The first-order chi connectivity index (χ1) is 5.29. The van der Waals surface area contributed by atoms with E-state index in [1.165, 1.54) is 6.08 Å². The Kier molecular flexibility index (Phi) is 2.18. The van der Waals surface area contributed by atoms with Gasteiger partial charge in [0.1, 0.15) is 5.76 Å². The summed E-state index contributed by atoms with van der Waals surface area (Å²) < 4.78 is 4.87. The molecule has 0 aliphatic heterocycles. The van der Waals surface area contributed by atoms with E-state index in [1.807, 2.05) is 13.8 Å². The van der Waals surface area contributed by atoms with Gasteiger partial charge in [-0.25, -0.2) is 4.79 Å². The summed E-state index contributed by atoms with van der Waals surface area (Å²) in [5.41, 5.74) is 0.816. The Morgan fingerprint density at radius 2 is 2.45 bits per heavy atom. The second-order valence-corrected chi connectivity index (χ2v) is 2.11. The highest BCUT2D eigenvalue weighted by Crippen LogP contribution is 2.19. The van der Waals surface area contributed by atoms with Crippen LogP contribution in [0, 0.1) is 6.92 Å². The van der Waals surface area contributed by atoms with E-state index in [4.69, 9.17) is 4.52 Å². The first-order valence-electron chi connectivity index (χ1n) is 3.32. The third kappa shape index (κ3) is 1.36. The molecule has 0 amide bonds. The summed E-state index contributed by atoms with van der Waals surface area (Å²) in [5, 5.41) is 3.57. The van der Waals surface area contributed by atoms with Gasteiger partial charge in [-0.1, -0.05) is 12.1 Å². The van der Waals surface area contributed by atoms with Crippen LogP contribution in [0.3, 0.4) is 0 Å². The number of rotatable bonds is 2. The van der Waals surface area contributed by atoms with E-state index in [9.17, 15) is 4.79 Å². The second kappa shape index (κ2) is 3.12. The Morgan fingerprint density at radius 1 is 1.73 bits per heavy atom. The maximum Gasteiger partial charge on any atom is 0.242 e. The predicted molar refractivity (Wildman–Crippen MR) is 38.4 cm³/mol. The molecule has 0 radical (unpaired) electrons. The third-order valence-electron chi connectivity index (χ3n) is 1.47. The summed E-state index contributed by atoms with van der Waals surface area (Å²) in [6, 6.07) is 0. The lowest BCUT2D eigenvalue weighted by atomic mass is 10.2. The average molecular weight is 152 g/mol. The van der Waals surface area contributed by atoms with Gasteiger partial charge in [-0.05, 0) is 6.92 Å². The number of hydrogen-bond acceptors (Lipinski definition) is 4. The zero-order valence-electron chi connectivity index (χ0n) is 6.42. The van der Waals surface area contributed by atoms with Gasteiger partial charge in [0.2, 0.25) is 11.9 Å². The molecule has 0 spiro atoms. The smallest absolute Gasteiger partial charge is 0.242 e. The Bertz CT molecular complexity index is 297. The molecule has 4 heteroatoms. The highest BCUT2D eigenvalue weighted by atomic mass is 16.5. The van der Waals surface area contributed by atoms with Crippen molar-refractivity contribution in [2.45, 2.75) is 20.3 Å². The fourth-order valence-electron chi connectivity index (χ4n) is 0.837. The van der Waals surface area contributed by atoms with Crippen LogP contribution in [0.25, 0.3) is 0 Å². The Morgan fingerprint density at radius 3 is 2.91 bits per heavy atom. The van der Waals surface area contributed by atoms with Gasteiger partial charge in [-0.15, -0.1) is 4.99 Å². The van der Waals surface area contributed by atoms with Crippen LogP contribution in [0.15, 0.2) is 9.52 Å². The molecule has 0 aliphatic rings. The zero-order chi connectivity index (χ0) is 8.27. The zero-order valence-corrected chi connectivity index (χ0v) is 6.42. The van der Waals surface area contributed by atoms with Crippen molar-refractivity contribution in [2.24, 2.45) is 4.99 Å². The standard InChI is InChI=1S/C7H8N2O2/c1-3-6-5(2)7(8-4-10)9-11-6/h3H2,1-2H3. The molecule has 0 fully saturated rings. The first kappa shape index (κ1) is 7.69. The molecule has 0 atom stereocenters. The fourth-order valence-corrected chi connectivity index (χ4v) is 0.837. The molecule has 58 valence electrons. The van der Waals surface area contributed by atoms with Crippen molar-refractivity contribution in [3.63, 3.8) is 0 Å². The lowest BCUT2D eigenvalue weighted by molar-refractivity contribution is 0.387. The summed E-state index contributed by atoms with van der Waals surface area (Å²) in [6.07, 6.45) is 2.17. The monoisotopic (exact) mass is 152 g/mol. The molecular weight excluding hydrogens is 144 g/mol. The van der Waals surface area contributed by atoms with E-state index in [-0.39, 0.29) is 0 Å². The van der Waals surface area contributed by atoms with Gasteiger partial charge >= 0.3 is 0 Å². The molecule has 0 unspecified atom stereocenters. The topological polar surface area (TPSA) is 55.5 Å². The number of hydrogen-bond donors (Lipinski definition) is 0. The van der Waals surface area contributed by atoms with E-state index < -0.39 is 0 Å². The van der Waals surface area contributed by atoms with Gasteiger partial charge in [-0.3, -0.25) is 0 Å². The Balaban J connectivity index is 3.09. The maximum atomic E-state index is 9.85. The van der Waals surface area contributed by atoms with E-state index in [0.29, 0.717) is 5.82 Å². The van der Waals surface area contributed by atoms with Crippen molar-refractivity contribution < 1.29 is 9.32 Å². The Hall–Kier alpha value is -1.41. The molecule has 0 saturated carbocycles. The van der Waals surface area contributed by atoms with Crippen molar-refractivity contribution in [2.75, 3.05) is 0 Å². The molecule has 0 bridgehead atoms. The summed E-state index contributed by atoms with van der Waals surface area (Å²) in [4.78, 5) is 13.2. The fraction of sp³-hybridized carbons (Fsp3) is 0.429. The molecule has 4 nitrogen and oxygen atoms in total. The SMILES string of the molecule is CCc1onc(N=C=O)c1C. The van der Waals surface area contributed by atoms with Gasteiger partial charge in [-0.2, -0.15) is 0 Å². The lowest BCUT2D eigenvalue weighted by Gasteiger charge is -1.85. The average Bonchev–Trinajstić information content (AvgIpc) is 2.34. The van der Waals surface area contributed by atoms with Crippen LogP contribution in [0.5, 0.6) is 0 Å². The molecule has 0 aliphatic carbocycles. The number of nitrogens with zero attached hydrogens (tertiary/aromatic N) is 2. The first-order valence-corrected chi connectivity index (χ1v) is 3.32. The van der Waals surface area contributed by atoms with Crippen molar-refractivity contribution in [1.82, 2.24) is 5.16 Å². The van der Waals surface area contributed by atoms with E-state index in [1.54, 1.807) is 0 Å². The number of aryl methyl sites for hydroxylation is 1. The van der Waals surface area contributed by atoms with Crippen LogP contribution in [0.2, 0.25) is 0 Å². The van der Waals surface area contributed by atoms with Gasteiger partial charge in [0, 0.05) is 12.0 Å². The minimum absolute atomic E-state index is 0.330. The van der Waals surface area contributed by atoms with Gasteiger partial charge < -0.3 is 4.52 Å². The van der Waals surface area contributed by atoms with Crippen LogP contribution < -0.4 is 0 Å². The van der Waals surface area contributed by atoms with Gasteiger partial charge in [0.05, 0.1) is 0 Å². The number of aliphatic imine (C=N–C) groups is 1. The quantitative estimate of drug-likeness (QED) is 0.476. The summed E-state index contributed by atoms with van der Waals surface area (Å²) in [6.45, 7) is 3.76. The molecule has 1 heterocycles. The van der Waals surface area contributed by atoms with E-state index in [2.05, 4.69) is 10.1 Å². The minimum Gasteiger partial charge on any atom is -0.359 e. The van der Waals surface area contributed by atoms with Crippen molar-refractivity contribution in [3.8, 4) is 0 Å². The van der Waals surface area contributed by atoms with E-state index >= 15 is 0 Å². The summed E-state index contributed by atoms with van der Waals surface area (Å²) in [7, 11) is 0. The van der Waals surface area contributed by atoms with Crippen LogP contribution in [0.1, 0.15) is 18.2 Å². The van der Waals surface area contributed by atoms with Crippen molar-refractivity contribution in [1.29, 1.82) is 0 Å².